The third-order valence-corrected chi connectivity index (χ3v) is 2.02. The van der Waals surface area contributed by atoms with Crippen molar-refractivity contribution in [3.63, 3.8) is 0 Å². The molecule has 0 fully saturated rings. The second-order valence-electron chi connectivity index (χ2n) is 1.29. The molecule has 0 radical (unpaired) electrons. The maximum Gasteiger partial charge on any atom is 0.265 e. The number of rotatable bonds is 3. The molecule has 0 aliphatic carbocycles. The van der Waals surface area contributed by atoms with Crippen LogP contribution in [0.1, 0.15) is 0 Å². The molecular weight excluding hydrogens is 168 g/mol. The average molecular weight is 173 g/mol. The summed E-state index contributed by atoms with van der Waals surface area (Å²) in [7, 11) is -4.11. The summed E-state index contributed by atoms with van der Waals surface area (Å²) >= 11 is -2.40. The molecule has 5 nitrogen and oxygen atoms in total. The van der Waals surface area contributed by atoms with Crippen LogP contribution in [-0.4, -0.2) is 33.2 Å². The number of hydrogen-bond acceptors (Lipinski definition) is 4. The quantitative estimate of drug-likeness (QED) is 0.425. The van der Waals surface area contributed by atoms with Gasteiger partial charge in [-0.3, -0.25) is 8.76 Å². The summed E-state index contributed by atoms with van der Waals surface area (Å²) < 4.78 is 46.9. The Hall–Kier alpha value is 0.0200. The summed E-state index contributed by atoms with van der Waals surface area (Å²) in [4.78, 5) is 0. The minimum absolute atomic E-state index is 0.557. The molecule has 7 heteroatoms. The Labute approximate surface area is 55.1 Å². The topological polar surface area (TPSA) is 94.5 Å². The maximum absolute atomic E-state index is 9.82. The molecule has 0 rings (SSSR count). The van der Waals surface area contributed by atoms with E-state index < -0.39 is 32.7 Å². The fourth-order valence-corrected chi connectivity index (χ4v) is 1.56. The molecule has 1 N–H and O–H groups in total. The molecule has 0 saturated carbocycles. The highest BCUT2D eigenvalue weighted by Gasteiger charge is 2.02. The molecule has 0 bridgehead atoms. The van der Waals surface area contributed by atoms with E-state index in [-0.39, 0.29) is 0 Å². The molecule has 1 unspecified atom stereocenters. The Morgan fingerprint density at radius 3 is 2.11 bits per heavy atom. The van der Waals surface area contributed by atoms with Crippen molar-refractivity contribution < 1.29 is 21.7 Å². The van der Waals surface area contributed by atoms with Gasteiger partial charge in [0.25, 0.3) is 10.1 Å². The Morgan fingerprint density at radius 2 is 2.00 bits per heavy atom. The second-order valence-corrected chi connectivity index (χ2v) is 3.88. The smallest absolute Gasteiger partial charge is 0.265 e. The van der Waals surface area contributed by atoms with Gasteiger partial charge in [-0.25, -0.2) is 0 Å². The van der Waals surface area contributed by atoms with E-state index in [0.29, 0.717) is 0 Å². The lowest BCUT2D eigenvalue weighted by Gasteiger charge is -2.00. The Kier molecular flexibility index (Phi) is 3.26. The first kappa shape index (κ1) is 9.02. The summed E-state index contributed by atoms with van der Waals surface area (Å²) in [5.41, 5.74) is 0. The van der Waals surface area contributed by atoms with Crippen molar-refractivity contribution in [2.24, 2.45) is 0 Å². The van der Waals surface area contributed by atoms with Crippen LogP contribution in [-0.2, 0) is 21.2 Å². The first-order valence-corrected chi connectivity index (χ1v) is 4.78. The van der Waals surface area contributed by atoms with Crippen LogP contribution in [0.5, 0.6) is 0 Å². The standard InChI is InChI=1S/C2H6O5S2/c3-8(4)1-2-9(5,6)7/h1-2H2,(H,3,4)(H,5,6,7)/p-1. The molecule has 0 aromatic heterocycles. The summed E-state index contributed by atoms with van der Waals surface area (Å²) in [5, 5.41) is 0. The molecule has 0 amide bonds. The highest BCUT2D eigenvalue weighted by Crippen LogP contribution is 1.82. The van der Waals surface area contributed by atoms with Crippen molar-refractivity contribution in [2.75, 3.05) is 11.5 Å². The molecule has 0 aliphatic heterocycles. The van der Waals surface area contributed by atoms with Gasteiger partial charge in [0.2, 0.25) is 0 Å². The van der Waals surface area contributed by atoms with Gasteiger partial charge in [0.1, 0.15) is 0 Å². The van der Waals surface area contributed by atoms with Crippen molar-refractivity contribution in [1.29, 1.82) is 0 Å². The van der Waals surface area contributed by atoms with Gasteiger partial charge in [0.15, 0.2) is 0 Å². The summed E-state index contributed by atoms with van der Waals surface area (Å²) in [6.07, 6.45) is 0. The van der Waals surface area contributed by atoms with E-state index in [4.69, 9.17) is 4.55 Å². The van der Waals surface area contributed by atoms with Crippen molar-refractivity contribution in [3.05, 3.63) is 0 Å². The van der Waals surface area contributed by atoms with Gasteiger partial charge in [0, 0.05) is 5.75 Å². The van der Waals surface area contributed by atoms with Crippen LogP contribution in [0.3, 0.4) is 0 Å². The summed E-state index contributed by atoms with van der Waals surface area (Å²) in [6, 6.07) is 0. The summed E-state index contributed by atoms with van der Waals surface area (Å²) in [6.45, 7) is 0. The average Bonchev–Trinajstić information content (AvgIpc) is 1.59. The zero-order chi connectivity index (χ0) is 7.49. The highest BCUT2D eigenvalue weighted by molar-refractivity contribution is 7.87. The summed E-state index contributed by atoms with van der Waals surface area (Å²) in [5.74, 6) is -1.29. The zero-order valence-corrected chi connectivity index (χ0v) is 5.94. The van der Waals surface area contributed by atoms with E-state index >= 15 is 0 Å². The lowest BCUT2D eigenvalue weighted by Crippen LogP contribution is -2.11. The largest absolute Gasteiger partial charge is 0.772 e. The highest BCUT2D eigenvalue weighted by atomic mass is 32.2. The van der Waals surface area contributed by atoms with E-state index in [9.17, 15) is 17.2 Å². The fraction of sp³-hybridized carbons (Fsp3) is 1.00. The van der Waals surface area contributed by atoms with Crippen LogP contribution >= 0.6 is 0 Å². The Morgan fingerprint density at radius 1 is 1.56 bits per heavy atom. The van der Waals surface area contributed by atoms with Crippen LogP contribution in [0.15, 0.2) is 0 Å². The molecule has 0 aromatic rings. The molecule has 1 atom stereocenters. The third kappa shape index (κ3) is 8.02. The molecule has 0 saturated heterocycles. The molecule has 56 valence electrons. The molecule has 9 heavy (non-hydrogen) atoms. The van der Waals surface area contributed by atoms with Crippen molar-refractivity contribution in [2.45, 2.75) is 0 Å². The van der Waals surface area contributed by atoms with Crippen molar-refractivity contribution in [3.8, 4) is 0 Å². The van der Waals surface area contributed by atoms with Gasteiger partial charge in [0.05, 0.1) is 5.75 Å². The van der Waals surface area contributed by atoms with E-state index in [1.807, 2.05) is 0 Å². The molecule has 0 spiro atoms. The van der Waals surface area contributed by atoms with Gasteiger partial charge < -0.3 is 4.55 Å². The van der Waals surface area contributed by atoms with Gasteiger partial charge in [-0.05, 0) is 0 Å². The minimum Gasteiger partial charge on any atom is -0.772 e. The first-order chi connectivity index (χ1) is 3.92. The van der Waals surface area contributed by atoms with Gasteiger partial charge in [-0.2, -0.15) is 8.42 Å². The molecular formula is C2H5O5S2-. The predicted octanol–water partition coefficient (Wildman–Crippen LogP) is -1.25. The SMILES string of the molecule is O=S([O-])CCS(=O)(=O)O. The van der Waals surface area contributed by atoms with Crippen LogP contribution in [0.25, 0.3) is 0 Å². The molecule has 0 aliphatic rings. The zero-order valence-electron chi connectivity index (χ0n) is 4.31. The lowest BCUT2D eigenvalue weighted by atomic mass is 11.0. The van der Waals surface area contributed by atoms with Crippen LogP contribution in [0, 0.1) is 0 Å². The van der Waals surface area contributed by atoms with Gasteiger partial charge in [-0.1, -0.05) is 11.1 Å². The van der Waals surface area contributed by atoms with Crippen molar-refractivity contribution >= 4 is 21.2 Å². The number of hydrogen-bond donors (Lipinski definition) is 1. The van der Waals surface area contributed by atoms with Crippen LogP contribution in [0.2, 0.25) is 0 Å². The molecule has 0 heterocycles. The van der Waals surface area contributed by atoms with E-state index in [0.717, 1.165) is 0 Å². The third-order valence-electron chi connectivity index (χ3n) is 0.508. The van der Waals surface area contributed by atoms with Crippen LogP contribution in [0.4, 0.5) is 0 Å². The Balaban J connectivity index is 3.67. The van der Waals surface area contributed by atoms with Crippen molar-refractivity contribution in [1.82, 2.24) is 0 Å². The Bertz CT molecular complexity index is 191. The normalized spacial score (nSPS) is 15.3. The fourth-order valence-electron chi connectivity index (χ4n) is 0.173. The predicted molar refractivity (Wildman–Crippen MR) is 30.2 cm³/mol. The van der Waals surface area contributed by atoms with E-state index in [1.165, 1.54) is 0 Å². The first-order valence-electron chi connectivity index (χ1n) is 1.93. The van der Waals surface area contributed by atoms with E-state index in [2.05, 4.69) is 0 Å². The van der Waals surface area contributed by atoms with Gasteiger partial charge >= 0.3 is 0 Å². The lowest BCUT2D eigenvalue weighted by molar-refractivity contribution is 0.482. The van der Waals surface area contributed by atoms with E-state index in [1.54, 1.807) is 0 Å². The van der Waals surface area contributed by atoms with Crippen LogP contribution < -0.4 is 0 Å². The minimum atomic E-state index is -4.11. The monoisotopic (exact) mass is 173 g/mol. The molecule has 0 aromatic carbocycles. The van der Waals surface area contributed by atoms with Gasteiger partial charge in [-0.15, -0.1) is 0 Å². The maximum atomic E-state index is 9.82. The second kappa shape index (κ2) is 3.25.